The van der Waals surface area contributed by atoms with Crippen molar-refractivity contribution in [3.05, 3.63) is 36.1 Å². The van der Waals surface area contributed by atoms with Crippen LogP contribution in [0.1, 0.15) is 20.8 Å². The van der Waals surface area contributed by atoms with Crippen LogP contribution in [0.2, 0.25) is 0 Å². The molecule has 0 saturated carbocycles. The van der Waals surface area contributed by atoms with Crippen molar-refractivity contribution in [3.63, 3.8) is 0 Å². The highest BCUT2D eigenvalue weighted by molar-refractivity contribution is 5.73. The first-order chi connectivity index (χ1) is 7.47. The summed E-state index contributed by atoms with van der Waals surface area (Å²) < 4.78 is 0. The molecular weight excluding hydrogens is 200 g/mol. The van der Waals surface area contributed by atoms with Crippen molar-refractivity contribution in [2.24, 2.45) is 0 Å². The van der Waals surface area contributed by atoms with Crippen LogP contribution in [0.15, 0.2) is 36.1 Å². The molecule has 1 saturated heterocycles. The number of carbonyl (C=O) groups is 1. The fraction of sp³-hybridized carbons (Fsp3) is 0.462. The molecule has 0 bridgehead atoms. The Morgan fingerprint density at radius 1 is 1.19 bits per heavy atom. The lowest BCUT2D eigenvalue weighted by Gasteiger charge is -2.22. The highest BCUT2D eigenvalue weighted by atomic mass is 16.2. The maximum Gasteiger partial charge on any atom is 0.220 e. The molecule has 0 aromatic rings. The van der Waals surface area contributed by atoms with Gasteiger partial charge in [-0.3, -0.25) is 4.79 Å². The predicted molar refractivity (Wildman–Crippen MR) is 66.7 cm³/mol. The zero-order valence-electron chi connectivity index (χ0n) is 10.4. The molecule has 1 amide bonds. The van der Waals surface area contributed by atoms with E-state index in [9.17, 15) is 4.79 Å². The molecule has 0 N–H and O–H groups in total. The van der Waals surface area contributed by atoms with Crippen LogP contribution in [0.3, 0.4) is 0 Å². The molecular formula is C13H20N2O. The predicted octanol–water partition coefficient (Wildman–Crippen LogP) is 2.14. The number of rotatable bonds is 3. The SMILES string of the molecule is C=C/C(C)=C(/C)C(=C)N1CCN(C(C)=O)C1. The van der Waals surface area contributed by atoms with Crippen molar-refractivity contribution in [2.45, 2.75) is 20.8 Å². The average Bonchev–Trinajstić information content (AvgIpc) is 2.75. The van der Waals surface area contributed by atoms with Gasteiger partial charge in [-0.25, -0.2) is 0 Å². The highest BCUT2D eigenvalue weighted by Crippen LogP contribution is 2.20. The second-order valence-electron chi connectivity index (χ2n) is 4.15. The number of hydrogen-bond donors (Lipinski definition) is 0. The van der Waals surface area contributed by atoms with Crippen molar-refractivity contribution < 1.29 is 4.79 Å². The van der Waals surface area contributed by atoms with E-state index in [1.807, 2.05) is 24.8 Å². The monoisotopic (exact) mass is 220 g/mol. The summed E-state index contributed by atoms with van der Waals surface area (Å²) in [6.45, 7) is 15.8. The van der Waals surface area contributed by atoms with Gasteiger partial charge in [-0.1, -0.05) is 19.2 Å². The van der Waals surface area contributed by atoms with E-state index in [1.165, 1.54) is 0 Å². The molecule has 1 rings (SSSR count). The molecule has 0 radical (unpaired) electrons. The summed E-state index contributed by atoms with van der Waals surface area (Å²) >= 11 is 0. The minimum Gasteiger partial charge on any atom is -0.352 e. The second kappa shape index (κ2) is 5.01. The Labute approximate surface area is 97.7 Å². The lowest BCUT2D eigenvalue weighted by atomic mass is 10.1. The number of amides is 1. The molecule has 0 aliphatic carbocycles. The van der Waals surface area contributed by atoms with Crippen molar-refractivity contribution in [3.8, 4) is 0 Å². The molecule has 1 fully saturated rings. The third-order valence-electron chi connectivity index (χ3n) is 3.14. The zero-order valence-corrected chi connectivity index (χ0v) is 10.4. The van der Waals surface area contributed by atoms with Gasteiger partial charge in [0.1, 0.15) is 0 Å². The van der Waals surface area contributed by atoms with E-state index in [0.29, 0.717) is 6.67 Å². The van der Waals surface area contributed by atoms with E-state index in [0.717, 1.165) is 29.9 Å². The van der Waals surface area contributed by atoms with E-state index in [1.54, 1.807) is 6.92 Å². The Hall–Kier alpha value is -1.51. The lowest BCUT2D eigenvalue weighted by molar-refractivity contribution is -0.128. The van der Waals surface area contributed by atoms with Crippen LogP contribution in [0.5, 0.6) is 0 Å². The third kappa shape index (κ3) is 2.54. The lowest BCUT2D eigenvalue weighted by Crippen LogP contribution is -2.28. The number of nitrogens with zero attached hydrogens (tertiary/aromatic N) is 2. The molecule has 0 atom stereocenters. The smallest absolute Gasteiger partial charge is 0.220 e. The largest absolute Gasteiger partial charge is 0.352 e. The number of allylic oxidation sites excluding steroid dienone is 3. The fourth-order valence-electron chi connectivity index (χ4n) is 1.68. The van der Waals surface area contributed by atoms with Crippen LogP contribution in [0.25, 0.3) is 0 Å². The maximum atomic E-state index is 11.2. The topological polar surface area (TPSA) is 23.6 Å². The molecule has 0 spiro atoms. The van der Waals surface area contributed by atoms with Gasteiger partial charge in [-0.05, 0) is 25.0 Å². The summed E-state index contributed by atoms with van der Waals surface area (Å²) in [6, 6.07) is 0. The summed E-state index contributed by atoms with van der Waals surface area (Å²) in [4.78, 5) is 15.2. The van der Waals surface area contributed by atoms with Gasteiger partial charge in [0.15, 0.2) is 0 Å². The quantitative estimate of drug-likeness (QED) is 0.680. The average molecular weight is 220 g/mol. The first kappa shape index (κ1) is 12.6. The van der Waals surface area contributed by atoms with Crippen LogP contribution in [0, 0.1) is 0 Å². The van der Waals surface area contributed by atoms with Crippen molar-refractivity contribution in [1.29, 1.82) is 0 Å². The van der Waals surface area contributed by atoms with E-state index < -0.39 is 0 Å². The van der Waals surface area contributed by atoms with Crippen LogP contribution in [-0.2, 0) is 4.79 Å². The van der Waals surface area contributed by atoms with Gasteiger partial charge < -0.3 is 9.80 Å². The fourth-order valence-corrected chi connectivity index (χ4v) is 1.68. The van der Waals surface area contributed by atoms with Gasteiger partial charge in [0.2, 0.25) is 5.91 Å². The van der Waals surface area contributed by atoms with Gasteiger partial charge in [0.05, 0.1) is 6.67 Å². The van der Waals surface area contributed by atoms with Crippen molar-refractivity contribution in [1.82, 2.24) is 9.80 Å². The Balaban J connectivity index is 2.72. The van der Waals surface area contributed by atoms with E-state index in [2.05, 4.69) is 18.1 Å². The molecule has 0 aromatic heterocycles. The van der Waals surface area contributed by atoms with Gasteiger partial charge in [0, 0.05) is 25.7 Å². The molecule has 0 unspecified atom stereocenters. The van der Waals surface area contributed by atoms with Crippen LogP contribution in [0.4, 0.5) is 0 Å². The standard InChI is InChI=1S/C13H20N2O/c1-6-10(2)11(3)12(4)14-7-8-15(9-14)13(5)16/h6H,1,4,7-9H2,2-3,5H3/b11-10-. The van der Waals surface area contributed by atoms with Crippen molar-refractivity contribution >= 4 is 5.91 Å². The van der Waals surface area contributed by atoms with Crippen LogP contribution < -0.4 is 0 Å². The first-order valence-corrected chi connectivity index (χ1v) is 5.47. The molecule has 1 aliphatic rings. The summed E-state index contributed by atoms with van der Waals surface area (Å²) in [6.07, 6.45) is 1.83. The Morgan fingerprint density at radius 3 is 2.19 bits per heavy atom. The van der Waals surface area contributed by atoms with Gasteiger partial charge in [0.25, 0.3) is 0 Å². The van der Waals surface area contributed by atoms with Crippen molar-refractivity contribution in [2.75, 3.05) is 19.8 Å². The Bertz CT molecular complexity index is 355. The van der Waals surface area contributed by atoms with Crippen LogP contribution in [-0.4, -0.2) is 35.5 Å². The third-order valence-corrected chi connectivity index (χ3v) is 3.14. The molecule has 16 heavy (non-hydrogen) atoms. The minimum absolute atomic E-state index is 0.123. The molecule has 1 heterocycles. The van der Waals surface area contributed by atoms with Gasteiger partial charge in [-0.2, -0.15) is 0 Å². The number of carbonyl (C=O) groups excluding carboxylic acids is 1. The van der Waals surface area contributed by atoms with Crippen LogP contribution >= 0.6 is 0 Å². The van der Waals surface area contributed by atoms with E-state index >= 15 is 0 Å². The second-order valence-corrected chi connectivity index (χ2v) is 4.15. The summed E-state index contributed by atoms with van der Waals surface area (Å²) in [7, 11) is 0. The van der Waals surface area contributed by atoms with E-state index in [-0.39, 0.29) is 5.91 Å². The molecule has 1 aliphatic heterocycles. The van der Waals surface area contributed by atoms with Gasteiger partial charge >= 0.3 is 0 Å². The maximum absolute atomic E-state index is 11.2. The molecule has 3 heteroatoms. The Morgan fingerprint density at radius 2 is 1.75 bits per heavy atom. The molecule has 3 nitrogen and oxygen atoms in total. The summed E-state index contributed by atoms with van der Waals surface area (Å²) in [5, 5.41) is 0. The highest BCUT2D eigenvalue weighted by Gasteiger charge is 2.23. The normalized spacial score (nSPS) is 17.2. The minimum atomic E-state index is 0.123. The Kier molecular flexibility index (Phi) is 3.93. The van der Waals surface area contributed by atoms with Gasteiger partial charge in [-0.15, -0.1) is 0 Å². The van der Waals surface area contributed by atoms with E-state index in [4.69, 9.17) is 0 Å². The number of hydrogen-bond acceptors (Lipinski definition) is 2. The summed E-state index contributed by atoms with van der Waals surface area (Å²) in [5.41, 5.74) is 3.26. The first-order valence-electron chi connectivity index (χ1n) is 5.47. The molecule has 88 valence electrons. The summed E-state index contributed by atoms with van der Waals surface area (Å²) in [5.74, 6) is 0.123. The molecule has 0 aromatic carbocycles. The zero-order chi connectivity index (χ0) is 12.3.